The lowest BCUT2D eigenvalue weighted by Gasteiger charge is -2.14. The molecule has 9 nitrogen and oxygen atoms in total. The van der Waals surface area contributed by atoms with Gasteiger partial charge in [0.2, 0.25) is 11.8 Å². The van der Waals surface area contributed by atoms with Crippen LogP contribution in [0.5, 0.6) is 6.01 Å². The highest BCUT2D eigenvalue weighted by Gasteiger charge is 2.38. The fourth-order valence-electron chi connectivity index (χ4n) is 1.87. The van der Waals surface area contributed by atoms with Gasteiger partial charge in [-0.25, -0.2) is 17.9 Å². The maximum atomic E-state index is 13.0. The Labute approximate surface area is 158 Å². The molecule has 2 amide bonds. The highest BCUT2D eigenvalue weighted by molar-refractivity contribution is 7.90. The molecule has 1 aromatic heterocycles. The van der Waals surface area contributed by atoms with Crippen LogP contribution in [0.3, 0.4) is 0 Å². The van der Waals surface area contributed by atoms with Crippen LogP contribution in [0, 0.1) is 0 Å². The van der Waals surface area contributed by atoms with Gasteiger partial charge in [-0.2, -0.15) is 41.3 Å². The number of hydrogen-bond donors (Lipinski definition) is 2. The molecule has 0 aliphatic rings. The second kappa shape index (κ2) is 7.69. The average molecular weight is 445 g/mol. The quantitative estimate of drug-likeness (QED) is 0.693. The van der Waals surface area contributed by atoms with Crippen LogP contribution in [0.2, 0.25) is 0 Å². The molecule has 0 atom stereocenters. The summed E-state index contributed by atoms with van der Waals surface area (Å²) in [4.78, 5) is 19.6. The smallest absolute Gasteiger partial charge is 0.451 e. The van der Waals surface area contributed by atoms with E-state index in [4.69, 9.17) is 0 Å². The Bertz CT molecular complexity index is 1030. The van der Waals surface area contributed by atoms with Crippen LogP contribution in [0.15, 0.2) is 29.2 Å². The molecule has 0 aliphatic carbocycles. The van der Waals surface area contributed by atoms with E-state index in [0.717, 1.165) is 19.2 Å². The lowest BCUT2D eigenvalue weighted by atomic mass is 10.2. The number of carbonyl (C=O) groups is 1. The predicted molar refractivity (Wildman–Crippen MR) is 82.2 cm³/mol. The molecule has 2 N–H and O–H groups in total. The van der Waals surface area contributed by atoms with Crippen molar-refractivity contribution in [2.45, 2.75) is 17.2 Å². The van der Waals surface area contributed by atoms with Crippen molar-refractivity contribution in [3.05, 3.63) is 35.7 Å². The van der Waals surface area contributed by atoms with E-state index in [1.807, 2.05) is 0 Å². The molecule has 0 radical (unpaired) electrons. The van der Waals surface area contributed by atoms with Gasteiger partial charge >= 0.3 is 24.4 Å². The maximum Gasteiger partial charge on any atom is 0.451 e. The number of aromatic nitrogens is 3. The molecule has 0 unspecified atom stereocenters. The fraction of sp³-hybridized carbons (Fsp3) is 0.231. The molecule has 1 heterocycles. The van der Waals surface area contributed by atoms with Crippen molar-refractivity contribution in [2.75, 3.05) is 12.4 Å². The van der Waals surface area contributed by atoms with Gasteiger partial charge in [0.05, 0.1) is 17.6 Å². The second-order valence-corrected chi connectivity index (χ2v) is 6.67. The van der Waals surface area contributed by atoms with Crippen LogP contribution < -0.4 is 14.8 Å². The van der Waals surface area contributed by atoms with E-state index in [-0.39, 0.29) is 0 Å². The minimum absolute atomic E-state index is 0.471. The minimum Gasteiger partial charge on any atom is -0.467 e. The summed E-state index contributed by atoms with van der Waals surface area (Å²) in [6.07, 6.45) is -10.1. The Balaban J connectivity index is 2.30. The van der Waals surface area contributed by atoms with Gasteiger partial charge < -0.3 is 4.74 Å². The zero-order valence-corrected chi connectivity index (χ0v) is 14.8. The van der Waals surface area contributed by atoms with E-state index in [1.165, 1.54) is 4.72 Å². The Morgan fingerprint density at radius 1 is 1.00 bits per heavy atom. The highest BCUT2D eigenvalue weighted by atomic mass is 32.2. The molecule has 0 saturated carbocycles. The molecule has 0 saturated heterocycles. The number of hydrogen-bond acceptors (Lipinski definition) is 7. The van der Waals surface area contributed by atoms with E-state index in [0.29, 0.717) is 12.1 Å². The van der Waals surface area contributed by atoms with Gasteiger partial charge in [0.1, 0.15) is 0 Å². The number of nitrogens with one attached hydrogen (secondary N) is 2. The van der Waals surface area contributed by atoms with Crippen molar-refractivity contribution in [1.82, 2.24) is 19.7 Å². The molecular formula is C13H9F6N5O4S. The first-order chi connectivity index (χ1) is 13.2. The van der Waals surface area contributed by atoms with Gasteiger partial charge in [-0.05, 0) is 12.1 Å². The molecule has 1 aromatic carbocycles. The standard InChI is InChI=1S/C13H9F6N5O4S/c1-28-11-21-8(13(17,18)19)20-9(23-11)22-10(25)24-29(26,27)7-5-3-2-4-6(7)12(14,15)16/h2-5H,1H3,(H2,20,21,22,23,24,25). The van der Waals surface area contributed by atoms with Gasteiger partial charge in [0.25, 0.3) is 10.0 Å². The summed E-state index contributed by atoms with van der Waals surface area (Å²) in [5, 5.41) is 1.56. The van der Waals surface area contributed by atoms with Crippen LogP contribution >= 0.6 is 0 Å². The Kier molecular flexibility index (Phi) is 5.86. The molecular weight excluding hydrogens is 436 g/mol. The summed E-state index contributed by atoms with van der Waals surface area (Å²) in [6.45, 7) is 0. The molecule has 16 heteroatoms. The molecule has 29 heavy (non-hydrogen) atoms. The van der Waals surface area contributed by atoms with Crippen molar-refractivity contribution in [3.63, 3.8) is 0 Å². The number of carbonyl (C=O) groups excluding carboxylic acids is 1. The number of rotatable bonds is 4. The summed E-state index contributed by atoms with van der Waals surface area (Å²) in [7, 11) is -4.14. The first-order valence-electron chi connectivity index (χ1n) is 7.11. The van der Waals surface area contributed by atoms with Gasteiger partial charge in [-0.1, -0.05) is 12.1 Å². The third-order valence-corrected chi connectivity index (χ3v) is 4.37. The van der Waals surface area contributed by atoms with Crippen molar-refractivity contribution in [1.29, 1.82) is 0 Å². The van der Waals surface area contributed by atoms with Crippen LogP contribution in [-0.2, 0) is 22.4 Å². The third-order valence-electron chi connectivity index (χ3n) is 2.99. The van der Waals surface area contributed by atoms with E-state index >= 15 is 0 Å². The Morgan fingerprint density at radius 2 is 1.62 bits per heavy atom. The zero-order valence-electron chi connectivity index (χ0n) is 14.0. The summed E-state index contributed by atoms with van der Waals surface area (Å²) in [5.41, 5.74) is -1.55. The van der Waals surface area contributed by atoms with E-state index in [2.05, 4.69) is 19.7 Å². The maximum absolute atomic E-state index is 13.0. The predicted octanol–water partition coefficient (Wildman–Crippen LogP) is 2.43. The van der Waals surface area contributed by atoms with Crippen molar-refractivity contribution >= 4 is 22.0 Å². The number of halogens is 6. The second-order valence-electron chi connectivity index (χ2n) is 5.02. The monoisotopic (exact) mass is 445 g/mol. The summed E-state index contributed by atoms with van der Waals surface area (Å²) >= 11 is 0. The lowest BCUT2D eigenvalue weighted by molar-refractivity contribution is -0.145. The van der Waals surface area contributed by atoms with Crippen LogP contribution in [0.4, 0.5) is 37.1 Å². The number of urea groups is 1. The minimum atomic E-state index is -5.05. The number of alkyl halides is 6. The summed E-state index contributed by atoms with van der Waals surface area (Å²) < 4.78 is 107. The normalized spacial score (nSPS) is 12.4. The largest absolute Gasteiger partial charge is 0.467 e. The van der Waals surface area contributed by atoms with E-state index < -0.39 is 56.6 Å². The van der Waals surface area contributed by atoms with Crippen LogP contribution in [0.1, 0.15) is 11.4 Å². The van der Waals surface area contributed by atoms with Crippen LogP contribution in [0.25, 0.3) is 0 Å². The molecule has 2 rings (SSSR count). The molecule has 0 spiro atoms. The Morgan fingerprint density at radius 3 is 2.17 bits per heavy atom. The van der Waals surface area contributed by atoms with Gasteiger partial charge in [0.15, 0.2) is 0 Å². The average Bonchev–Trinajstić information content (AvgIpc) is 2.59. The number of sulfonamides is 1. The van der Waals surface area contributed by atoms with Gasteiger partial charge in [-0.3, -0.25) is 5.32 Å². The van der Waals surface area contributed by atoms with Crippen LogP contribution in [-0.4, -0.2) is 36.5 Å². The molecule has 0 bridgehead atoms. The summed E-state index contributed by atoms with van der Waals surface area (Å²) in [5.74, 6) is -2.81. The van der Waals surface area contributed by atoms with Gasteiger partial charge in [-0.15, -0.1) is 0 Å². The van der Waals surface area contributed by atoms with Crippen molar-refractivity contribution in [2.24, 2.45) is 0 Å². The fourth-order valence-corrected chi connectivity index (χ4v) is 3.01. The first-order valence-corrected chi connectivity index (χ1v) is 8.59. The number of benzene rings is 1. The molecule has 158 valence electrons. The van der Waals surface area contributed by atoms with Crippen molar-refractivity contribution < 1.29 is 44.3 Å². The SMILES string of the molecule is COc1nc(NC(=O)NS(=O)(=O)c2ccccc2C(F)(F)F)nc(C(F)(F)F)n1. The topological polar surface area (TPSA) is 123 Å². The number of anilines is 1. The number of ether oxygens (including phenoxy) is 1. The van der Waals surface area contributed by atoms with Crippen molar-refractivity contribution in [3.8, 4) is 6.01 Å². The number of methoxy groups -OCH3 is 1. The molecule has 0 fully saturated rings. The molecule has 0 aliphatic heterocycles. The molecule has 2 aromatic rings. The van der Waals surface area contributed by atoms with E-state index in [9.17, 15) is 39.6 Å². The Hall–Kier alpha value is -3.17. The first kappa shape index (κ1) is 22.1. The summed E-state index contributed by atoms with van der Waals surface area (Å²) in [6, 6.07) is 0.396. The number of nitrogens with zero attached hydrogens (tertiary/aromatic N) is 3. The number of amides is 2. The zero-order chi connectivity index (χ0) is 22.0. The lowest BCUT2D eigenvalue weighted by Crippen LogP contribution is -2.36. The highest BCUT2D eigenvalue weighted by Crippen LogP contribution is 2.34. The third kappa shape index (κ3) is 5.43. The van der Waals surface area contributed by atoms with E-state index in [1.54, 1.807) is 5.32 Å². The van der Waals surface area contributed by atoms with Gasteiger partial charge in [0, 0.05) is 0 Å².